The minimum Gasteiger partial charge on any atom is -0.508 e. The number of carbonyl (C=O) groups is 4. The number of rotatable bonds is 23. The monoisotopic (exact) mass is 857 g/mol. The van der Waals surface area contributed by atoms with Gasteiger partial charge in [0.15, 0.2) is 5.96 Å². The molecule has 5 rings (SSSR count). The lowest BCUT2D eigenvalue weighted by Gasteiger charge is -2.25. The smallest absolute Gasteiger partial charge is 0.244 e. The third-order valence-corrected chi connectivity index (χ3v) is 11.0. The number of phenolic OH excluding ortho intramolecular Hbond substituents is 1. The van der Waals surface area contributed by atoms with Gasteiger partial charge in [-0.25, -0.2) is 0 Å². The second-order valence-electron chi connectivity index (χ2n) is 14.7. The highest BCUT2D eigenvalue weighted by molar-refractivity contribution is 7.98. The SMILES string of the molecule is COc1ccc(CSCC(NC(=O)Cc2ccc(-c3ccccc3)cc2)C(=O)N[C@H](CCCN=C(N)N)C(=O)NC(Cc2ccc(O)cc2)C(=O)NCCc2ccccc2)cc1. The maximum absolute atomic E-state index is 14.2. The summed E-state index contributed by atoms with van der Waals surface area (Å²) in [5, 5.41) is 21.5. The fourth-order valence-corrected chi connectivity index (χ4v) is 7.58. The van der Waals surface area contributed by atoms with Crippen LogP contribution < -0.4 is 37.5 Å². The lowest BCUT2D eigenvalue weighted by atomic mass is 10.0. The summed E-state index contributed by atoms with van der Waals surface area (Å²) in [4.78, 5) is 59.7. The Morgan fingerprint density at radius 3 is 1.92 bits per heavy atom. The summed E-state index contributed by atoms with van der Waals surface area (Å²) in [7, 11) is 1.60. The van der Waals surface area contributed by atoms with Gasteiger partial charge in [0.1, 0.15) is 29.6 Å². The molecule has 14 heteroatoms. The van der Waals surface area contributed by atoms with Gasteiger partial charge in [-0.3, -0.25) is 24.2 Å². The highest BCUT2D eigenvalue weighted by Gasteiger charge is 2.30. The van der Waals surface area contributed by atoms with E-state index in [1.54, 1.807) is 19.2 Å². The molecule has 0 radical (unpaired) electrons. The number of hydrogen-bond acceptors (Lipinski definition) is 8. The summed E-state index contributed by atoms with van der Waals surface area (Å²) >= 11 is 1.45. The van der Waals surface area contributed by atoms with E-state index in [2.05, 4.69) is 26.3 Å². The number of ether oxygens (including phenoxy) is 1. The van der Waals surface area contributed by atoms with Crippen LogP contribution in [0, 0.1) is 0 Å². The Morgan fingerprint density at radius 2 is 1.26 bits per heavy atom. The van der Waals surface area contributed by atoms with Crippen molar-refractivity contribution in [1.82, 2.24) is 21.3 Å². The summed E-state index contributed by atoms with van der Waals surface area (Å²) in [6.45, 7) is 0.524. The largest absolute Gasteiger partial charge is 0.508 e. The van der Waals surface area contributed by atoms with Crippen molar-refractivity contribution in [3.63, 3.8) is 0 Å². The first kappa shape index (κ1) is 46.3. The van der Waals surface area contributed by atoms with Gasteiger partial charge in [0.25, 0.3) is 0 Å². The van der Waals surface area contributed by atoms with Crippen molar-refractivity contribution in [2.75, 3.05) is 26.0 Å². The number of hydrogen-bond donors (Lipinski definition) is 7. The lowest BCUT2D eigenvalue weighted by Crippen LogP contribution is -2.57. The number of phenols is 1. The van der Waals surface area contributed by atoms with Gasteiger partial charge in [-0.2, -0.15) is 11.8 Å². The molecule has 0 spiro atoms. The first-order valence-corrected chi connectivity index (χ1v) is 21.6. The quantitative estimate of drug-likeness (QED) is 0.0277. The molecule has 3 atom stereocenters. The van der Waals surface area contributed by atoms with E-state index >= 15 is 0 Å². The van der Waals surface area contributed by atoms with E-state index < -0.39 is 35.8 Å². The minimum atomic E-state index is -1.12. The number of nitrogens with two attached hydrogens (primary N) is 2. The highest BCUT2D eigenvalue weighted by Crippen LogP contribution is 2.21. The first-order chi connectivity index (χ1) is 30.1. The van der Waals surface area contributed by atoms with E-state index in [4.69, 9.17) is 16.2 Å². The Bertz CT molecular complexity index is 2200. The van der Waals surface area contributed by atoms with E-state index in [-0.39, 0.29) is 49.2 Å². The zero-order valence-electron chi connectivity index (χ0n) is 34.8. The van der Waals surface area contributed by atoms with Crippen molar-refractivity contribution in [3.05, 3.63) is 156 Å². The van der Waals surface area contributed by atoms with Crippen molar-refractivity contribution in [1.29, 1.82) is 0 Å². The number of methoxy groups -OCH3 is 1. The Hall–Kier alpha value is -6.80. The summed E-state index contributed by atoms with van der Waals surface area (Å²) in [5.41, 5.74) is 16.7. The average molecular weight is 858 g/mol. The minimum absolute atomic E-state index is 0.0305. The molecule has 0 aliphatic carbocycles. The van der Waals surface area contributed by atoms with Crippen molar-refractivity contribution >= 4 is 41.4 Å². The molecule has 9 N–H and O–H groups in total. The summed E-state index contributed by atoms with van der Waals surface area (Å²) < 4.78 is 5.28. The number of nitrogens with one attached hydrogen (secondary N) is 4. The number of aliphatic imine (C=N–C) groups is 1. The first-order valence-electron chi connectivity index (χ1n) is 20.5. The van der Waals surface area contributed by atoms with E-state index in [1.165, 1.54) is 23.9 Å². The molecule has 4 amide bonds. The molecular formula is C48H55N7O6S. The maximum atomic E-state index is 14.2. The molecule has 0 aliphatic rings. The maximum Gasteiger partial charge on any atom is 0.244 e. The van der Waals surface area contributed by atoms with Gasteiger partial charge in [0.05, 0.1) is 13.5 Å². The predicted octanol–water partition coefficient (Wildman–Crippen LogP) is 4.65. The Morgan fingerprint density at radius 1 is 0.661 bits per heavy atom. The van der Waals surface area contributed by atoms with Crippen LogP contribution in [0.1, 0.15) is 35.1 Å². The third kappa shape index (κ3) is 15.7. The third-order valence-electron chi connectivity index (χ3n) is 9.93. The number of aromatic hydroxyl groups is 1. The van der Waals surface area contributed by atoms with Gasteiger partial charge in [0.2, 0.25) is 23.6 Å². The zero-order chi connectivity index (χ0) is 44.1. The summed E-state index contributed by atoms with van der Waals surface area (Å²) in [5.74, 6) is -0.514. The van der Waals surface area contributed by atoms with Crippen LogP contribution in [0.4, 0.5) is 0 Å². The molecule has 0 aromatic heterocycles. The Labute approximate surface area is 367 Å². The number of thioether (sulfide) groups is 1. The summed E-state index contributed by atoms with van der Waals surface area (Å²) in [6, 6.07) is 38.1. The van der Waals surface area contributed by atoms with Crippen molar-refractivity contribution < 1.29 is 29.0 Å². The fourth-order valence-electron chi connectivity index (χ4n) is 6.57. The molecular weight excluding hydrogens is 803 g/mol. The van der Waals surface area contributed by atoms with Gasteiger partial charge in [-0.15, -0.1) is 0 Å². The Balaban J connectivity index is 1.32. The van der Waals surface area contributed by atoms with Gasteiger partial charge in [0, 0.05) is 31.0 Å². The Kier molecular flexibility index (Phi) is 18.3. The molecule has 0 aliphatic heterocycles. The van der Waals surface area contributed by atoms with Crippen molar-refractivity contribution in [2.24, 2.45) is 16.5 Å². The van der Waals surface area contributed by atoms with E-state index in [0.29, 0.717) is 30.7 Å². The van der Waals surface area contributed by atoms with Crippen LogP contribution in [0.2, 0.25) is 0 Å². The molecule has 5 aromatic carbocycles. The number of guanidine groups is 1. The number of nitrogens with zero attached hydrogens (tertiary/aromatic N) is 1. The molecule has 13 nitrogen and oxygen atoms in total. The molecule has 0 bridgehead atoms. The normalized spacial score (nSPS) is 12.2. The molecule has 62 heavy (non-hydrogen) atoms. The van der Waals surface area contributed by atoms with Gasteiger partial charge < -0.3 is 42.6 Å². The topological polar surface area (TPSA) is 210 Å². The second kappa shape index (κ2) is 24.5. The standard InChI is InChI=1S/C48H55N7O6S/c1-61-40-24-18-36(19-25-40)31-62-32-43(53-44(57)30-35-14-20-38(21-15-35)37-11-6-3-7-12-37)47(60)54-41(13-8-27-52-48(49)50)46(59)55-42(29-34-16-22-39(56)23-17-34)45(58)51-28-26-33-9-4-2-5-10-33/h2-7,9-12,14-25,41-43,56H,8,13,26-32H2,1H3,(H,51,58)(H,53,57)(H,54,60)(H,55,59)(H4,49,50,52)/t41-,42?,43?/m1/s1. The van der Waals surface area contributed by atoms with E-state index in [0.717, 1.165) is 33.6 Å². The summed E-state index contributed by atoms with van der Waals surface area (Å²) in [6.07, 6.45) is 1.18. The van der Waals surface area contributed by atoms with Crippen LogP contribution in [-0.4, -0.2) is 78.8 Å². The number of amides is 4. The number of benzene rings is 5. The molecule has 0 heterocycles. The van der Waals surface area contributed by atoms with Crippen LogP contribution in [-0.2, 0) is 44.2 Å². The zero-order valence-corrected chi connectivity index (χ0v) is 35.6. The van der Waals surface area contributed by atoms with Crippen molar-refractivity contribution in [2.45, 2.75) is 56.0 Å². The highest BCUT2D eigenvalue weighted by atomic mass is 32.2. The van der Waals surface area contributed by atoms with Crippen LogP contribution in [0.3, 0.4) is 0 Å². The second-order valence-corrected chi connectivity index (χ2v) is 15.7. The van der Waals surface area contributed by atoms with Crippen LogP contribution >= 0.6 is 11.8 Å². The molecule has 2 unspecified atom stereocenters. The van der Waals surface area contributed by atoms with Gasteiger partial charge in [-0.05, 0) is 76.9 Å². The van der Waals surface area contributed by atoms with E-state index in [1.807, 2.05) is 109 Å². The van der Waals surface area contributed by atoms with Gasteiger partial charge in [-0.1, -0.05) is 109 Å². The van der Waals surface area contributed by atoms with E-state index in [9.17, 15) is 24.3 Å². The van der Waals surface area contributed by atoms with Crippen LogP contribution in [0.25, 0.3) is 11.1 Å². The fraction of sp³-hybridized carbons (Fsp3) is 0.271. The number of carbonyl (C=O) groups excluding carboxylic acids is 4. The molecule has 0 saturated carbocycles. The lowest BCUT2D eigenvalue weighted by molar-refractivity contribution is -0.133. The molecule has 5 aromatic rings. The molecule has 0 fully saturated rings. The van der Waals surface area contributed by atoms with Crippen molar-refractivity contribution in [3.8, 4) is 22.6 Å². The predicted molar refractivity (Wildman–Crippen MR) is 245 cm³/mol. The molecule has 0 saturated heterocycles. The van der Waals surface area contributed by atoms with Crippen LogP contribution in [0.5, 0.6) is 11.5 Å². The van der Waals surface area contributed by atoms with Crippen LogP contribution in [0.15, 0.2) is 138 Å². The average Bonchev–Trinajstić information content (AvgIpc) is 3.28. The molecule has 324 valence electrons. The van der Waals surface area contributed by atoms with Gasteiger partial charge >= 0.3 is 0 Å².